The van der Waals surface area contributed by atoms with E-state index in [4.69, 9.17) is 5.11 Å². The van der Waals surface area contributed by atoms with Crippen LogP contribution in [0.2, 0.25) is 0 Å². The predicted octanol–water partition coefficient (Wildman–Crippen LogP) is 1.82. The van der Waals surface area contributed by atoms with E-state index in [1.807, 2.05) is 24.3 Å². The van der Waals surface area contributed by atoms with Crippen molar-refractivity contribution in [1.29, 1.82) is 0 Å². The number of nitrogens with zero attached hydrogens (tertiary/aromatic N) is 1. The number of anilines is 1. The molecule has 2 aromatic heterocycles. The Labute approximate surface area is 121 Å². The molecule has 0 aliphatic heterocycles. The number of H-pyrrole nitrogens is 1. The lowest BCUT2D eigenvalue weighted by Gasteiger charge is -2.06. The highest BCUT2D eigenvalue weighted by molar-refractivity contribution is 7.98. The molecule has 0 fully saturated rings. The van der Waals surface area contributed by atoms with E-state index in [0.29, 0.717) is 18.0 Å². The second-order valence-electron chi connectivity index (χ2n) is 4.25. The van der Waals surface area contributed by atoms with Gasteiger partial charge < -0.3 is 15.4 Å². The number of carbonyl (C=O) groups excluding carboxylic acids is 1. The Bertz CT molecular complexity index is 543. The molecule has 0 saturated heterocycles. The zero-order valence-electron chi connectivity index (χ0n) is 11.0. The summed E-state index contributed by atoms with van der Waals surface area (Å²) in [6.07, 6.45) is 3.77. The van der Waals surface area contributed by atoms with E-state index < -0.39 is 0 Å². The number of hydrogen-bond acceptors (Lipinski definition) is 4. The molecular formula is C14H17N3O2S. The Morgan fingerprint density at radius 1 is 1.45 bits per heavy atom. The molecule has 0 aromatic carbocycles. The van der Waals surface area contributed by atoms with Gasteiger partial charge in [0.2, 0.25) is 5.91 Å². The van der Waals surface area contributed by atoms with Gasteiger partial charge in [-0.1, -0.05) is 0 Å². The molecule has 0 saturated carbocycles. The van der Waals surface area contributed by atoms with E-state index in [9.17, 15) is 4.79 Å². The largest absolute Gasteiger partial charge is 0.396 e. The molecule has 1 amide bonds. The van der Waals surface area contributed by atoms with Crippen LogP contribution >= 0.6 is 11.8 Å². The lowest BCUT2D eigenvalue weighted by molar-refractivity contribution is -0.115. The zero-order chi connectivity index (χ0) is 14.2. The summed E-state index contributed by atoms with van der Waals surface area (Å²) >= 11 is 1.64. The summed E-state index contributed by atoms with van der Waals surface area (Å²) in [5.41, 5.74) is 1.95. The van der Waals surface area contributed by atoms with Crippen molar-refractivity contribution in [3.8, 4) is 0 Å². The molecule has 106 valence electrons. The summed E-state index contributed by atoms with van der Waals surface area (Å²) in [6.45, 7) is 0.176. The molecule has 3 N–H and O–H groups in total. The summed E-state index contributed by atoms with van der Waals surface area (Å²) in [7, 11) is 0. The van der Waals surface area contributed by atoms with Crippen molar-refractivity contribution < 1.29 is 9.90 Å². The van der Waals surface area contributed by atoms with Gasteiger partial charge in [0.1, 0.15) is 5.82 Å². The van der Waals surface area contributed by atoms with Crippen LogP contribution in [0, 0.1) is 0 Å². The molecule has 2 aromatic rings. The highest BCUT2D eigenvalue weighted by atomic mass is 32.2. The second-order valence-corrected chi connectivity index (χ2v) is 5.35. The van der Waals surface area contributed by atoms with Crippen molar-refractivity contribution in [3.05, 3.63) is 47.9 Å². The first-order valence-corrected chi connectivity index (χ1v) is 7.49. The van der Waals surface area contributed by atoms with Crippen molar-refractivity contribution in [1.82, 2.24) is 9.97 Å². The van der Waals surface area contributed by atoms with E-state index in [1.54, 1.807) is 24.2 Å². The Morgan fingerprint density at radius 3 is 3.10 bits per heavy atom. The Kier molecular flexibility index (Phi) is 5.64. The first kappa shape index (κ1) is 14.6. The summed E-state index contributed by atoms with van der Waals surface area (Å²) in [4.78, 5) is 19.0. The minimum absolute atomic E-state index is 0.0971. The number of thioether (sulfide) groups is 1. The van der Waals surface area contributed by atoms with Crippen molar-refractivity contribution in [2.75, 3.05) is 17.7 Å². The van der Waals surface area contributed by atoms with Crippen LogP contribution in [0.4, 0.5) is 5.82 Å². The topological polar surface area (TPSA) is 78.0 Å². The van der Waals surface area contributed by atoms with Gasteiger partial charge in [-0.05, 0) is 29.8 Å². The maximum Gasteiger partial charge on any atom is 0.231 e. The average Bonchev–Trinajstić information content (AvgIpc) is 2.92. The number of aromatic amines is 1. The molecule has 2 rings (SSSR count). The van der Waals surface area contributed by atoms with Crippen LogP contribution in [-0.2, 0) is 17.0 Å². The predicted molar refractivity (Wildman–Crippen MR) is 80.6 cm³/mol. The van der Waals surface area contributed by atoms with Gasteiger partial charge in [0.05, 0.1) is 13.0 Å². The molecule has 0 aliphatic rings. The number of aliphatic hydroxyl groups is 1. The number of pyridine rings is 1. The molecule has 0 atom stereocenters. The molecule has 0 unspecified atom stereocenters. The van der Waals surface area contributed by atoms with Gasteiger partial charge in [0.25, 0.3) is 0 Å². The highest BCUT2D eigenvalue weighted by Crippen LogP contribution is 2.14. The maximum absolute atomic E-state index is 11.8. The van der Waals surface area contributed by atoms with Crippen LogP contribution in [0.5, 0.6) is 0 Å². The van der Waals surface area contributed by atoms with E-state index in [1.165, 1.54) is 0 Å². The third kappa shape index (κ3) is 4.71. The standard InChI is InChI=1S/C14H17N3O2S/c18-6-7-20-10-11-3-5-16-13(8-11)17-14(19)9-12-2-1-4-15-12/h1-5,8,15,18H,6-7,9-10H2,(H,16,17,19). The van der Waals surface area contributed by atoms with Gasteiger partial charge in [-0.2, -0.15) is 11.8 Å². The van der Waals surface area contributed by atoms with Crippen LogP contribution in [0.25, 0.3) is 0 Å². The lowest BCUT2D eigenvalue weighted by Crippen LogP contribution is -2.15. The number of hydrogen-bond donors (Lipinski definition) is 3. The van der Waals surface area contributed by atoms with Crippen LogP contribution in [0.1, 0.15) is 11.3 Å². The molecule has 0 spiro atoms. The summed E-state index contributed by atoms with van der Waals surface area (Å²) < 4.78 is 0. The number of amides is 1. The molecule has 0 bridgehead atoms. The monoisotopic (exact) mass is 291 g/mol. The summed E-state index contributed by atoms with van der Waals surface area (Å²) in [5, 5.41) is 11.5. The fourth-order valence-corrected chi connectivity index (χ4v) is 2.41. The molecule has 0 aliphatic carbocycles. The quantitative estimate of drug-likeness (QED) is 0.680. The van der Waals surface area contributed by atoms with Crippen molar-refractivity contribution in [2.45, 2.75) is 12.2 Å². The first-order chi connectivity index (χ1) is 9.78. The SMILES string of the molecule is O=C(Cc1ccc[nH]1)Nc1cc(CSCCO)ccn1. The Morgan fingerprint density at radius 2 is 2.35 bits per heavy atom. The molecule has 20 heavy (non-hydrogen) atoms. The maximum atomic E-state index is 11.8. The van der Waals surface area contributed by atoms with Crippen LogP contribution in [0.3, 0.4) is 0 Å². The number of aromatic nitrogens is 2. The summed E-state index contributed by atoms with van der Waals surface area (Å²) in [5.74, 6) is 1.96. The van der Waals surface area contributed by atoms with Gasteiger partial charge in [0.15, 0.2) is 0 Å². The second kappa shape index (κ2) is 7.72. The van der Waals surface area contributed by atoms with E-state index in [2.05, 4.69) is 15.3 Å². The number of nitrogens with one attached hydrogen (secondary N) is 2. The fourth-order valence-electron chi connectivity index (χ4n) is 1.72. The van der Waals surface area contributed by atoms with Crippen molar-refractivity contribution in [3.63, 3.8) is 0 Å². The van der Waals surface area contributed by atoms with Crippen molar-refractivity contribution >= 4 is 23.5 Å². The van der Waals surface area contributed by atoms with Gasteiger partial charge in [-0.3, -0.25) is 4.79 Å². The molecule has 2 heterocycles. The zero-order valence-corrected chi connectivity index (χ0v) is 11.8. The van der Waals surface area contributed by atoms with Gasteiger partial charge >= 0.3 is 0 Å². The highest BCUT2D eigenvalue weighted by Gasteiger charge is 2.06. The van der Waals surface area contributed by atoms with Crippen molar-refractivity contribution in [2.24, 2.45) is 0 Å². The summed E-state index contributed by atoms with van der Waals surface area (Å²) in [6, 6.07) is 7.50. The number of aliphatic hydroxyl groups excluding tert-OH is 1. The van der Waals surface area contributed by atoms with Gasteiger partial charge in [-0.15, -0.1) is 0 Å². The molecule has 0 radical (unpaired) electrons. The lowest BCUT2D eigenvalue weighted by atomic mass is 10.2. The first-order valence-electron chi connectivity index (χ1n) is 6.33. The smallest absolute Gasteiger partial charge is 0.231 e. The fraction of sp³-hybridized carbons (Fsp3) is 0.286. The minimum Gasteiger partial charge on any atom is -0.396 e. The van der Waals surface area contributed by atoms with Crippen LogP contribution in [0.15, 0.2) is 36.7 Å². The Balaban J connectivity index is 1.88. The number of carbonyl (C=O) groups is 1. The molecule has 5 nitrogen and oxygen atoms in total. The van der Waals surface area contributed by atoms with E-state index in [-0.39, 0.29) is 12.5 Å². The minimum atomic E-state index is -0.0971. The normalized spacial score (nSPS) is 10.4. The Hall–Kier alpha value is -1.79. The van der Waals surface area contributed by atoms with E-state index >= 15 is 0 Å². The van der Waals surface area contributed by atoms with Crippen LogP contribution in [-0.4, -0.2) is 33.3 Å². The number of rotatable bonds is 7. The molecular weight excluding hydrogens is 274 g/mol. The molecule has 6 heteroatoms. The van der Waals surface area contributed by atoms with E-state index in [0.717, 1.165) is 17.0 Å². The van der Waals surface area contributed by atoms with Crippen LogP contribution < -0.4 is 5.32 Å². The average molecular weight is 291 g/mol. The third-order valence-corrected chi connectivity index (χ3v) is 3.62. The van der Waals surface area contributed by atoms with Gasteiger partial charge in [-0.25, -0.2) is 4.98 Å². The third-order valence-electron chi connectivity index (χ3n) is 2.61. The van der Waals surface area contributed by atoms with Gasteiger partial charge in [0, 0.05) is 29.6 Å².